The smallest absolute Gasteiger partial charge is 0.247 e. The molecule has 2 aliphatic heterocycles. The molecule has 0 radical (unpaired) electrons. The van der Waals surface area contributed by atoms with Crippen LogP contribution in [0, 0.1) is 24.6 Å². The number of piperidine rings is 1. The van der Waals surface area contributed by atoms with Crippen LogP contribution < -0.4 is 15.8 Å². The molecular weight excluding hydrogens is 359 g/mol. The Bertz CT molecular complexity index is 905. The minimum atomic E-state index is -0.439. The summed E-state index contributed by atoms with van der Waals surface area (Å²) in [4.78, 5) is 27.9. The topological polar surface area (TPSA) is 64.7 Å². The molecule has 2 saturated heterocycles. The lowest BCUT2D eigenvalue weighted by Gasteiger charge is -2.36. The summed E-state index contributed by atoms with van der Waals surface area (Å²) in [7, 11) is 1.90. The number of fused-ring (bicyclic) bond motifs is 1. The standard InChI is InChI=1S/C21H23FN4O2/c1-13-8-9-14(10-18(13)22)23-20(27)16-11-25(2)12-17-19(16)24-26(21(17)28)15-6-4-3-5-7-15/h3-10,16-17,19,24H,11-12H2,1-2H3,(H,23,27). The maximum atomic E-state index is 13.8. The van der Waals surface area contributed by atoms with E-state index < -0.39 is 5.92 Å². The van der Waals surface area contributed by atoms with Gasteiger partial charge in [-0.2, -0.15) is 0 Å². The van der Waals surface area contributed by atoms with E-state index in [1.165, 1.54) is 6.07 Å². The first-order chi connectivity index (χ1) is 13.4. The Morgan fingerprint density at radius 2 is 1.93 bits per heavy atom. The molecule has 2 amide bonds. The number of anilines is 2. The van der Waals surface area contributed by atoms with Gasteiger partial charge in [0.05, 0.1) is 23.6 Å². The Labute approximate surface area is 163 Å². The third kappa shape index (κ3) is 3.39. The van der Waals surface area contributed by atoms with Gasteiger partial charge >= 0.3 is 0 Å². The van der Waals surface area contributed by atoms with Gasteiger partial charge in [0.25, 0.3) is 0 Å². The number of amides is 2. The van der Waals surface area contributed by atoms with Crippen molar-refractivity contribution in [2.45, 2.75) is 13.0 Å². The van der Waals surface area contributed by atoms with Crippen molar-refractivity contribution >= 4 is 23.2 Å². The van der Waals surface area contributed by atoms with Gasteiger partial charge in [-0.1, -0.05) is 24.3 Å². The van der Waals surface area contributed by atoms with E-state index in [0.717, 1.165) is 5.69 Å². The Hall–Kier alpha value is -2.77. The van der Waals surface area contributed by atoms with Crippen LogP contribution >= 0.6 is 0 Å². The Morgan fingerprint density at radius 3 is 2.64 bits per heavy atom. The summed E-state index contributed by atoms with van der Waals surface area (Å²) in [5.74, 6) is -1.38. The summed E-state index contributed by atoms with van der Waals surface area (Å²) in [6, 6.07) is 13.7. The number of hydrazine groups is 1. The number of hydrogen-bond acceptors (Lipinski definition) is 4. The fourth-order valence-electron chi connectivity index (χ4n) is 3.97. The van der Waals surface area contributed by atoms with Crippen molar-refractivity contribution in [3.63, 3.8) is 0 Å². The average molecular weight is 382 g/mol. The zero-order valence-electron chi connectivity index (χ0n) is 15.9. The van der Waals surface area contributed by atoms with Crippen molar-refractivity contribution in [3.05, 3.63) is 59.9 Å². The van der Waals surface area contributed by atoms with E-state index in [0.29, 0.717) is 24.3 Å². The van der Waals surface area contributed by atoms with Crippen LogP contribution in [0.15, 0.2) is 48.5 Å². The zero-order valence-corrected chi connectivity index (χ0v) is 15.9. The van der Waals surface area contributed by atoms with Crippen molar-refractivity contribution in [2.75, 3.05) is 30.5 Å². The maximum absolute atomic E-state index is 13.8. The van der Waals surface area contributed by atoms with Gasteiger partial charge in [-0.15, -0.1) is 0 Å². The lowest BCUT2D eigenvalue weighted by atomic mass is 9.84. The third-order valence-corrected chi connectivity index (χ3v) is 5.49. The van der Waals surface area contributed by atoms with Gasteiger partial charge in [-0.25, -0.2) is 14.8 Å². The number of carbonyl (C=O) groups excluding carboxylic acids is 2. The highest BCUT2D eigenvalue weighted by Crippen LogP contribution is 2.32. The van der Waals surface area contributed by atoms with Crippen LogP contribution in [0.2, 0.25) is 0 Å². The van der Waals surface area contributed by atoms with Gasteiger partial charge in [0.15, 0.2) is 0 Å². The number of carbonyl (C=O) groups is 2. The molecule has 2 aromatic carbocycles. The number of rotatable bonds is 3. The number of aryl methyl sites for hydroxylation is 1. The van der Waals surface area contributed by atoms with E-state index in [-0.39, 0.29) is 29.6 Å². The molecule has 146 valence electrons. The first-order valence-corrected chi connectivity index (χ1v) is 9.35. The molecule has 7 heteroatoms. The predicted octanol–water partition coefficient (Wildman–Crippen LogP) is 2.17. The maximum Gasteiger partial charge on any atom is 0.247 e. The van der Waals surface area contributed by atoms with Crippen LogP contribution in [0.5, 0.6) is 0 Å². The van der Waals surface area contributed by atoms with Crippen LogP contribution in [0.4, 0.5) is 15.8 Å². The van der Waals surface area contributed by atoms with E-state index in [9.17, 15) is 14.0 Å². The summed E-state index contributed by atoms with van der Waals surface area (Å²) >= 11 is 0. The molecule has 2 N–H and O–H groups in total. The SMILES string of the molecule is Cc1ccc(NC(=O)C2CN(C)CC3C(=O)N(c4ccccc4)NC23)cc1F. The minimum Gasteiger partial charge on any atom is -0.326 e. The summed E-state index contributed by atoms with van der Waals surface area (Å²) in [6.07, 6.45) is 0. The van der Waals surface area contributed by atoms with Crippen LogP contribution in [-0.2, 0) is 9.59 Å². The summed E-state index contributed by atoms with van der Waals surface area (Å²) < 4.78 is 13.8. The lowest BCUT2D eigenvalue weighted by Crippen LogP contribution is -2.55. The van der Waals surface area contributed by atoms with Gasteiger partial charge in [0, 0.05) is 18.8 Å². The molecule has 2 aromatic rings. The highest BCUT2D eigenvalue weighted by Gasteiger charge is 2.50. The molecule has 0 spiro atoms. The molecule has 2 aliphatic rings. The number of halogens is 1. The van der Waals surface area contributed by atoms with E-state index in [1.807, 2.05) is 42.3 Å². The van der Waals surface area contributed by atoms with Gasteiger partial charge in [0.1, 0.15) is 5.82 Å². The lowest BCUT2D eigenvalue weighted by molar-refractivity contribution is -0.125. The van der Waals surface area contributed by atoms with Crippen LogP contribution in [0.1, 0.15) is 5.56 Å². The molecule has 0 aliphatic carbocycles. The molecule has 2 heterocycles. The summed E-state index contributed by atoms with van der Waals surface area (Å²) in [6.45, 7) is 2.78. The number of para-hydroxylation sites is 1. The molecule has 6 nitrogen and oxygen atoms in total. The predicted molar refractivity (Wildman–Crippen MR) is 105 cm³/mol. The number of benzene rings is 2. The summed E-state index contributed by atoms with van der Waals surface area (Å²) in [5, 5.41) is 4.35. The molecule has 28 heavy (non-hydrogen) atoms. The molecule has 0 bridgehead atoms. The third-order valence-electron chi connectivity index (χ3n) is 5.49. The first-order valence-electron chi connectivity index (χ1n) is 9.35. The normalized spacial score (nSPS) is 24.9. The molecule has 4 rings (SSSR count). The van der Waals surface area contributed by atoms with Gasteiger partial charge in [-0.3, -0.25) is 9.59 Å². The minimum absolute atomic E-state index is 0.0399. The van der Waals surface area contributed by atoms with E-state index >= 15 is 0 Å². The number of hydrogen-bond donors (Lipinski definition) is 2. The number of likely N-dealkylation sites (tertiary alicyclic amines) is 1. The second kappa shape index (κ2) is 7.33. The number of nitrogens with one attached hydrogen (secondary N) is 2. The molecule has 0 saturated carbocycles. The first kappa shape index (κ1) is 18.6. The Balaban J connectivity index is 1.56. The van der Waals surface area contributed by atoms with E-state index in [4.69, 9.17) is 0 Å². The van der Waals surface area contributed by atoms with Crippen molar-refractivity contribution in [2.24, 2.45) is 11.8 Å². The molecule has 2 fully saturated rings. The molecule has 0 aromatic heterocycles. The van der Waals surface area contributed by atoms with Crippen molar-refractivity contribution in [1.82, 2.24) is 10.3 Å². The second-order valence-corrected chi connectivity index (χ2v) is 7.55. The number of nitrogens with zero attached hydrogens (tertiary/aromatic N) is 2. The fraction of sp³-hybridized carbons (Fsp3) is 0.333. The van der Waals surface area contributed by atoms with Crippen LogP contribution in [0.25, 0.3) is 0 Å². The van der Waals surface area contributed by atoms with Crippen LogP contribution in [-0.4, -0.2) is 42.9 Å². The van der Waals surface area contributed by atoms with E-state index in [1.54, 1.807) is 24.1 Å². The monoisotopic (exact) mass is 382 g/mol. The highest BCUT2D eigenvalue weighted by atomic mass is 19.1. The molecule has 3 atom stereocenters. The van der Waals surface area contributed by atoms with Crippen LogP contribution in [0.3, 0.4) is 0 Å². The quantitative estimate of drug-likeness (QED) is 0.854. The average Bonchev–Trinajstić information content (AvgIpc) is 3.01. The van der Waals surface area contributed by atoms with Gasteiger partial charge in [0.2, 0.25) is 11.8 Å². The molecular formula is C21H23FN4O2. The van der Waals surface area contributed by atoms with Crippen molar-refractivity contribution < 1.29 is 14.0 Å². The Kier molecular flexibility index (Phi) is 4.87. The van der Waals surface area contributed by atoms with Crippen molar-refractivity contribution in [3.8, 4) is 0 Å². The second-order valence-electron chi connectivity index (χ2n) is 7.55. The zero-order chi connectivity index (χ0) is 19.8. The fourth-order valence-corrected chi connectivity index (χ4v) is 3.97. The van der Waals surface area contributed by atoms with Gasteiger partial charge < -0.3 is 10.2 Å². The van der Waals surface area contributed by atoms with E-state index in [2.05, 4.69) is 10.7 Å². The van der Waals surface area contributed by atoms with Gasteiger partial charge in [-0.05, 0) is 43.8 Å². The Morgan fingerprint density at radius 1 is 1.18 bits per heavy atom. The highest BCUT2D eigenvalue weighted by molar-refractivity contribution is 5.99. The molecule has 3 unspecified atom stereocenters. The van der Waals surface area contributed by atoms with Crippen molar-refractivity contribution in [1.29, 1.82) is 0 Å². The largest absolute Gasteiger partial charge is 0.326 e. The summed E-state index contributed by atoms with van der Waals surface area (Å²) in [5.41, 5.74) is 4.94.